The van der Waals surface area contributed by atoms with Gasteiger partial charge in [0.2, 0.25) is 0 Å². The molecule has 2 bridgehead atoms. The largest absolute Gasteiger partial charge is 0.487 e. The molecule has 2 aromatic carbocycles. The number of hydrogen-bond donors (Lipinski definition) is 3. The Labute approximate surface area is 241 Å². The molecule has 1 amide bonds. The highest BCUT2D eigenvalue weighted by Gasteiger charge is 2.37. The number of aryl methyl sites for hydroxylation is 1. The van der Waals surface area contributed by atoms with E-state index < -0.39 is 27.6 Å². The van der Waals surface area contributed by atoms with E-state index in [1.54, 1.807) is 38.1 Å². The van der Waals surface area contributed by atoms with Gasteiger partial charge in [0.25, 0.3) is 15.9 Å². The first kappa shape index (κ1) is 28.9. The first-order valence-electron chi connectivity index (χ1n) is 14.0. The van der Waals surface area contributed by atoms with E-state index in [9.17, 15) is 18.3 Å². The van der Waals surface area contributed by atoms with Gasteiger partial charge in [-0.1, -0.05) is 29.8 Å². The summed E-state index contributed by atoms with van der Waals surface area (Å²) in [6.45, 7) is 5.28. The number of fused-ring (bicyclic) bond motifs is 3. The highest BCUT2D eigenvalue weighted by Crippen LogP contribution is 2.41. The summed E-state index contributed by atoms with van der Waals surface area (Å²) in [6, 6.07) is 10.6. The van der Waals surface area contributed by atoms with E-state index in [1.165, 1.54) is 6.07 Å². The van der Waals surface area contributed by atoms with E-state index in [0.29, 0.717) is 42.7 Å². The summed E-state index contributed by atoms with van der Waals surface area (Å²) in [6.07, 6.45) is 7.62. The third-order valence-corrected chi connectivity index (χ3v) is 9.98. The second-order valence-electron chi connectivity index (χ2n) is 11.6. The second-order valence-corrected chi connectivity index (χ2v) is 13.7. The third kappa shape index (κ3) is 6.33. The van der Waals surface area contributed by atoms with Crippen molar-refractivity contribution in [2.45, 2.75) is 69.1 Å². The number of amides is 1. The normalized spacial score (nSPS) is 27.4. The number of nitrogens with one attached hydrogen (secondary N) is 2. The molecule has 3 N–H and O–H groups in total. The van der Waals surface area contributed by atoms with Crippen LogP contribution in [0.5, 0.6) is 5.75 Å². The molecular formula is C30H38ClN3O5S. The van der Waals surface area contributed by atoms with Gasteiger partial charge in [-0.2, -0.15) is 0 Å². The zero-order valence-electron chi connectivity index (χ0n) is 23.0. The molecule has 10 heteroatoms. The molecule has 1 saturated carbocycles. The van der Waals surface area contributed by atoms with Gasteiger partial charge in [0.15, 0.2) is 0 Å². The van der Waals surface area contributed by atoms with Crippen LogP contribution in [0.4, 0.5) is 5.69 Å². The van der Waals surface area contributed by atoms with Crippen LogP contribution in [0, 0.1) is 11.8 Å². The molecule has 8 nitrogen and oxygen atoms in total. The highest BCUT2D eigenvalue weighted by atomic mass is 35.5. The van der Waals surface area contributed by atoms with Gasteiger partial charge in [0.05, 0.1) is 22.2 Å². The molecule has 1 fully saturated rings. The minimum absolute atomic E-state index is 0.00300. The van der Waals surface area contributed by atoms with Crippen LogP contribution in [0.2, 0.25) is 5.02 Å². The Hall–Kier alpha value is -2.59. The maximum atomic E-state index is 13.4. The number of carbonyl (C=O) groups is 1. The summed E-state index contributed by atoms with van der Waals surface area (Å²) in [5.41, 5.74) is 1.72. The number of benzene rings is 2. The Morgan fingerprint density at radius 1 is 1.10 bits per heavy atom. The number of nitrogens with zero attached hydrogens (tertiary/aromatic N) is 1. The van der Waals surface area contributed by atoms with E-state index in [0.717, 1.165) is 43.2 Å². The number of aliphatic hydroxyl groups is 1. The monoisotopic (exact) mass is 587 g/mol. The lowest BCUT2D eigenvalue weighted by Crippen LogP contribution is -2.54. The van der Waals surface area contributed by atoms with Crippen LogP contribution in [-0.4, -0.2) is 50.7 Å². The van der Waals surface area contributed by atoms with Crippen molar-refractivity contribution in [3.8, 4) is 5.75 Å². The molecular weight excluding hydrogens is 550 g/mol. The fourth-order valence-corrected chi connectivity index (χ4v) is 7.02. The van der Waals surface area contributed by atoms with Crippen molar-refractivity contribution in [3.63, 3.8) is 0 Å². The molecule has 0 unspecified atom stereocenters. The van der Waals surface area contributed by atoms with Crippen molar-refractivity contribution in [1.82, 2.24) is 10.0 Å². The van der Waals surface area contributed by atoms with Crippen molar-refractivity contribution >= 4 is 33.2 Å². The molecule has 40 heavy (non-hydrogen) atoms. The van der Waals surface area contributed by atoms with E-state index in [4.69, 9.17) is 16.3 Å². The molecule has 0 radical (unpaired) electrons. The molecule has 5 rings (SSSR count). The number of hydrogen-bond acceptors (Lipinski definition) is 7. The minimum Gasteiger partial charge on any atom is -0.487 e. The van der Waals surface area contributed by atoms with Gasteiger partial charge in [-0.15, -0.1) is 0 Å². The lowest BCUT2D eigenvalue weighted by atomic mass is 9.70. The van der Waals surface area contributed by atoms with Gasteiger partial charge in [-0.05, 0) is 99.2 Å². The van der Waals surface area contributed by atoms with Gasteiger partial charge in [-0.25, -0.2) is 13.1 Å². The van der Waals surface area contributed by atoms with Crippen molar-refractivity contribution in [3.05, 3.63) is 64.7 Å². The van der Waals surface area contributed by atoms with Crippen LogP contribution in [0.3, 0.4) is 0 Å². The predicted molar refractivity (Wildman–Crippen MR) is 156 cm³/mol. The van der Waals surface area contributed by atoms with Crippen LogP contribution in [0.25, 0.3) is 0 Å². The molecule has 3 atom stereocenters. The number of sulfonamides is 1. The summed E-state index contributed by atoms with van der Waals surface area (Å²) in [4.78, 5) is 15.2. The first-order chi connectivity index (χ1) is 19.0. The third-order valence-electron chi connectivity index (χ3n) is 8.42. The lowest BCUT2D eigenvalue weighted by Gasteiger charge is -2.42. The minimum atomic E-state index is -4.14. The molecule has 0 spiro atoms. The zero-order chi connectivity index (χ0) is 28.5. The fraction of sp³-hybridized carbons (Fsp3) is 0.500. The summed E-state index contributed by atoms with van der Waals surface area (Å²) < 4.78 is 35.4. The Bertz CT molecular complexity index is 1390. The first-order valence-corrected chi connectivity index (χ1v) is 15.9. The number of halogens is 1. The smallest absolute Gasteiger partial charge is 0.264 e. The Morgan fingerprint density at radius 2 is 1.93 bits per heavy atom. The topological polar surface area (TPSA) is 108 Å². The average molecular weight is 588 g/mol. The molecule has 2 aromatic rings. The molecule has 1 aliphatic carbocycles. The maximum Gasteiger partial charge on any atom is 0.264 e. The van der Waals surface area contributed by atoms with Crippen LogP contribution < -0.4 is 19.7 Å². The summed E-state index contributed by atoms with van der Waals surface area (Å²) in [5, 5.41) is 14.7. The lowest BCUT2D eigenvalue weighted by molar-refractivity contribution is -0.124. The Morgan fingerprint density at radius 3 is 2.70 bits per heavy atom. The van der Waals surface area contributed by atoms with Crippen LogP contribution >= 0.6 is 11.6 Å². The number of anilines is 1. The van der Waals surface area contributed by atoms with Gasteiger partial charge in [0, 0.05) is 24.7 Å². The van der Waals surface area contributed by atoms with E-state index in [-0.39, 0.29) is 16.7 Å². The molecule has 0 saturated heterocycles. The van der Waals surface area contributed by atoms with Crippen LogP contribution in [-0.2, 0) is 27.8 Å². The molecule has 2 heterocycles. The second kappa shape index (κ2) is 11.7. The van der Waals surface area contributed by atoms with Crippen molar-refractivity contribution in [2.24, 2.45) is 11.8 Å². The van der Waals surface area contributed by atoms with Gasteiger partial charge < -0.3 is 20.1 Å². The maximum absolute atomic E-state index is 13.4. The number of carbonyl (C=O) groups excluding carboxylic acids is 1. The fourth-order valence-electron chi connectivity index (χ4n) is 5.69. The molecule has 0 aromatic heterocycles. The summed E-state index contributed by atoms with van der Waals surface area (Å²) >= 11 is 6.28. The molecule has 216 valence electrons. The molecule has 2 aliphatic heterocycles. The van der Waals surface area contributed by atoms with Crippen LogP contribution in [0.1, 0.15) is 50.7 Å². The zero-order valence-corrected chi connectivity index (χ0v) is 24.6. The standard InChI is InChI=1S/C30H38ClN3O5S/c1-30(2)29(36)33-40(37,38)24-11-13-28-26(17-24)34(18-21-9-12-25(21)27(35)7-5-14-32-30)15-4-3-6-20-16-23(31)10-8-22(20)19-39-28/h5,7-8,10-11,13,16-17,21,25,27,32,35H,3-4,6,9,12,14-15,18-19H2,1-2H3,(H,33,36)/b7-5+/t21-,25+,27-/m0/s1. The van der Waals surface area contributed by atoms with E-state index in [2.05, 4.69) is 14.9 Å². The number of aliphatic hydroxyl groups excluding tert-OH is 1. The number of ether oxygens (including phenoxy) is 1. The predicted octanol–water partition coefficient (Wildman–Crippen LogP) is 4.19. The van der Waals surface area contributed by atoms with Crippen molar-refractivity contribution in [2.75, 3.05) is 24.5 Å². The quantitative estimate of drug-likeness (QED) is 0.397. The van der Waals surface area contributed by atoms with Gasteiger partial charge in [0.1, 0.15) is 12.4 Å². The Kier molecular flexibility index (Phi) is 8.47. The van der Waals surface area contributed by atoms with Crippen molar-refractivity contribution in [1.29, 1.82) is 0 Å². The molecule has 3 aliphatic rings. The highest BCUT2D eigenvalue weighted by molar-refractivity contribution is 7.90. The van der Waals surface area contributed by atoms with Crippen molar-refractivity contribution < 1.29 is 23.1 Å². The SMILES string of the molecule is CC1(C)NC/C=C/[C@H](O)[C@@H]2CC[C@H]2CN2CCCCc3cc(Cl)ccc3COc3ccc(cc32)S(=O)(=O)NC1=O. The van der Waals surface area contributed by atoms with Gasteiger partial charge in [-0.3, -0.25) is 4.79 Å². The Balaban J connectivity index is 1.56. The summed E-state index contributed by atoms with van der Waals surface area (Å²) in [7, 11) is -4.14. The number of rotatable bonds is 0. The van der Waals surface area contributed by atoms with E-state index >= 15 is 0 Å². The van der Waals surface area contributed by atoms with Gasteiger partial charge >= 0.3 is 0 Å². The van der Waals surface area contributed by atoms with E-state index in [1.807, 2.05) is 18.2 Å². The van der Waals surface area contributed by atoms with Crippen LogP contribution in [0.15, 0.2) is 53.4 Å². The summed E-state index contributed by atoms with van der Waals surface area (Å²) in [5.74, 6) is 0.284. The average Bonchev–Trinajstić information content (AvgIpc) is 2.91.